The van der Waals surface area contributed by atoms with Gasteiger partial charge in [-0.2, -0.15) is 0 Å². The van der Waals surface area contributed by atoms with Crippen molar-refractivity contribution in [1.29, 1.82) is 0 Å². The monoisotopic (exact) mass is 294 g/mol. The first kappa shape index (κ1) is 15.4. The number of benzene rings is 1. The van der Waals surface area contributed by atoms with Gasteiger partial charge in [0.2, 0.25) is 5.91 Å². The van der Waals surface area contributed by atoms with E-state index in [1.165, 1.54) is 0 Å². The largest absolute Gasteiger partial charge is 0.389 e. The normalized spacial score (nSPS) is 18.1. The number of hydrogen-bond acceptors (Lipinski definition) is 4. The number of amides is 1. The standard InChI is InChI=1S/C15H22N2O2S/c1-12(18)13-3-5-14(6-4-13)20-11-15(19)17-9-7-16(2)8-10-17/h3-6,12,18H,7-11H2,1-2H3. The van der Waals surface area contributed by atoms with E-state index in [9.17, 15) is 9.90 Å². The van der Waals surface area contributed by atoms with Crippen LogP contribution in [0.2, 0.25) is 0 Å². The molecule has 0 aromatic heterocycles. The molecule has 0 saturated carbocycles. The molecule has 1 aromatic rings. The van der Waals surface area contributed by atoms with Gasteiger partial charge in [0.1, 0.15) is 0 Å². The molecule has 5 heteroatoms. The smallest absolute Gasteiger partial charge is 0.233 e. The zero-order chi connectivity index (χ0) is 14.5. The van der Waals surface area contributed by atoms with E-state index in [-0.39, 0.29) is 5.91 Å². The minimum Gasteiger partial charge on any atom is -0.389 e. The van der Waals surface area contributed by atoms with Gasteiger partial charge in [-0.05, 0) is 31.7 Å². The van der Waals surface area contributed by atoms with Crippen LogP contribution in [0.25, 0.3) is 0 Å². The van der Waals surface area contributed by atoms with Crippen molar-refractivity contribution in [3.8, 4) is 0 Å². The van der Waals surface area contributed by atoms with Crippen LogP contribution in [0.1, 0.15) is 18.6 Å². The van der Waals surface area contributed by atoms with Crippen LogP contribution in [-0.2, 0) is 4.79 Å². The highest BCUT2D eigenvalue weighted by molar-refractivity contribution is 8.00. The Morgan fingerprint density at radius 3 is 2.40 bits per heavy atom. The number of aliphatic hydroxyl groups excluding tert-OH is 1. The number of carbonyl (C=O) groups excluding carboxylic acids is 1. The molecular weight excluding hydrogens is 272 g/mol. The van der Waals surface area contributed by atoms with Crippen LogP contribution in [0.3, 0.4) is 0 Å². The first-order chi connectivity index (χ1) is 9.56. The quantitative estimate of drug-likeness (QED) is 0.857. The number of carbonyl (C=O) groups is 1. The lowest BCUT2D eigenvalue weighted by Crippen LogP contribution is -2.47. The van der Waals surface area contributed by atoms with Crippen molar-refractivity contribution in [2.24, 2.45) is 0 Å². The third-order valence-corrected chi connectivity index (χ3v) is 4.58. The second kappa shape index (κ2) is 7.11. The van der Waals surface area contributed by atoms with Gasteiger partial charge in [-0.1, -0.05) is 12.1 Å². The maximum Gasteiger partial charge on any atom is 0.233 e. The second-order valence-corrected chi connectivity index (χ2v) is 6.27. The van der Waals surface area contributed by atoms with Crippen LogP contribution in [0.15, 0.2) is 29.2 Å². The van der Waals surface area contributed by atoms with E-state index in [1.807, 2.05) is 29.2 Å². The average molecular weight is 294 g/mol. The van der Waals surface area contributed by atoms with Gasteiger partial charge >= 0.3 is 0 Å². The fraction of sp³-hybridized carbons (Fsp3) is 0.533. The molecule has 1 saturated heterocycles. The molecule has 4 nitrogen and oxygen atoms in total. The number of thioether (sulfide) groups is 1. The van der Waals surface area contributed by atoms with Gasteiger partial charge in [0.15, 0.2) is 0 Å². The van der Waals surface area contributed by atoms with Crippen molar-refractivity contribution in [2.75, 3.05) is 39.0 Å². The van der Waals surface area contributed by atoms with Crippen LogP contribution in [0.4, 0.5) is 0 Å². The summed E-state index contributed by atoms with van der Waals surface area (Å²) >= 11 is 1.56. The predicted octanol–water partition coefficient (Wildman–Crippen LogP) is 1.61. The maximum absolute atomic E-state index is 12.1. The topological polar surface area (TPSA) is 43.8 Å². The molecule has 0 spiro atoms. The number of aliphatic hydroxyl groups is 1. The first-order valence-electron chi connectivity index (χ1n) is 6.93. The molecule has 1 fully saturated rings. The van der Waals surface area contributed by atoms with E-state index in [0.717, 1.165) is 36.6 Å². The molecule has 0 aliphatic carbocycles. The van der Waals surface area contributed by atoms with Gasteiger partial charge in [-0.15, -0.1) is 11.8 Å². The Labute approximate surface area is 124 Å². The van der Waals surface area contributed by atoms with Gasteiger partial charge in [0.05, 0.1) is 11.9 Å². The lowest BCUT2D eigenvalue weighted by molar-refractivity contribution is -0.129. The van der Waals surface area contributed by atoms with E-state index in [2.05, 4.69) is 11.9 Å². The molecule has 0 bridgehead atoms. The third-order valence-electron chi connectivity index (χ3n) is 3.58. The minimum atomic E-state index is -0.443. The highest BCUT2D eigenvalue weighted by Gasteiger charge is 2.18. The van der Waals surface area contributed by atoms with Crippen LogP contribution in [0, 0.1) is 0 Å². The van der Waals surface area contributed by atoms with Crippen molar-refractivity contribution in [3.63, 3.8) is 0 Å². The zero-order valence-electron chi connectivity index (χ0n) is 12.1. The molecule has 1 amide bonds. The maximum atomic E-state index is 12.1. The van der Waals surface area contributed by atoms with E-state index < -0.39 is 6.10 Å². The highest BCUT2D eigenvalue weighted by atomic mass is 32.2. The van der Waals surface area contributed by atoms with Gasteiger partial charge < -0.3 is 14.9 Å². The molecule has 1 aliphatic heterocycles. The number of nitrogens with zero attached hydrogens (tertiary/aromatic N) is 2. The summed E-state index contributed by atoms with van der Waals surface area (Å²) in [6.07, 6.45) is -0.443. The fourth-order valence-corrected chi connectivity index (χ4v) is 2.94. The summed E-state index contributed by atoms with van der Waals surface area (Å²) in [6.45, 7) is 5.33. The molecule has 1 unspecified atom stereocenters. The Balaban J connectivity index is 1.81. The van der Waals surface area contributed by atoms with Gasteiger partial charge in [0, 0.05) is 31.1 Å². The Morgan fingerprint density at radius 2 is 1.85 bits per heavy atom. The van der Waals surface area contributed by atoms with Crippen molar-refractivity contribution in [2.45, 2.75) is 17.9 Å². The first-order valence-corrected chi connectivity index (χ1v) is 7.92. The highest BCUT2D eigenvalue weighted by Crippen LogP contribution is 2.21. The summed E-state index contributed by atoms with van der Waals surface area (Å²) in [5, 5.41) is 9.45. The van der Waals surface area contributed by atoms with Crippen molar-refractivity contribution < 1.29 is 9.90 Å². The minimum absolute atomic E-state index is 0.211. The molecular formula is C15H22N2O2S. The number of likely N-dealkylation sites (N-methyl/N-ethyl adjacent to an activating group) is 1. The summed E-state index contributed by atoms with van der Waals surface area (Å²) in [4.78, 5) is 17.3. The van der Waals surface area contributed by atoms with E-state index in [1.54, 1.807) is 18.7 Å². The molecule has 2 rings (SSSR count). The van der Waals surface area contributed by atoms with Crippen molar-refractivity contribution >= 4 is 17.7 Å². The second-order valence-electron chi connectivity index (χ2n) is 5.22. The molecule has 1 aromatic carbocycles. The average Bonchev–Trinajstić information content (AvgIpc) is 2.46. The van der Waals surface area contributed by atoms with Crippen molar-refractivity contribution in [1.82, 2.24) is 9.80 Å². The van der Waals surface area contributed by atoms with Crippen LogP contribution < -0.4 is 0 Å². The molecule has 0 radical (unpaired) electrons. The summed E-state index contributed by atoms with van der Waals surface area (Å²) < 4.78 is 0. The molecule has 1 aliphatic rings. The Hall–Kier alpha value is -1.04. The van der Waals surface area contributed by atoms with Gasteiger partial charge in [0.25, 0.3) is 0 Å². The van der Waals surface area contributed by atoms with Gasteiger partial charge in [-0.3, -0.25) is 4.79 Å². The number of piperazine rings is 1. The van der Waals surface area contributed by atoms with E-state index >= 15 is 0 Å². The van der Waals surface area contributed by atoms with Crippen LogP contribution >= 0.6 is 11.8 Å². The van der Waals surface area contributed by atoms with Crippen LogP contribution in [-0.4, -0.2) is 59.8 Å². The molecule has 1 heterocycles. The lowest BCUT2D eigenvalue weighted by Gasteiger charge is -2.32. The van der Waals surface area contributed by atoms with Gasteiger partial charge in [-0.25, -0.2) is 0 Å². The Morgan fingerprint density at radius 1 is 1.25 bits per heavy atom. The number of rotatable bonds is 4. The Kier molecular flexibility index (Phi) is 5.46. The molecule has 1 N–H and O–H groups in total. The van der Waals surface area contributed by atoms with E-state index in [0.29, 0.717) is 5.75 Å². The van der Waals surface area contributed by atoms with E-state index in [4.69, 9.17) is 0 Å². The molecule has 110 valence electrons. The van der Waals surface area contributed by atoms with Crippen molar-refractivity contribution in [3.05, 3.63) is 29.8 Å². The summed E-state index contributed by atoms with van der Waals surface area (Å²) in [7, 11) is 2.08. The Bertz CT molecular complexity index is 440. The van der Waals surface area contributed by atoms with Crippen LogP contribution in [0.5, 0.6) is 0 Å². The predicted molar refractivity (Wildman–Crippen MR) is 81.9 cm³/mol. The third kappa shape index (κ3) is 4.23. The summed E-state index contributed by atoms with van der Waals surface area (Å²) in [5.41, 5.74) is 0.903. The summed E-state index contributed by atoms with van der Waals surface area (Å²) in [5.74, 6) is 0.695. The SMILES string of the molecule is CC(O)c1ccc(SCC(=O)N2CCN(C)CC2)cc1. The number of hydrogen-bond donors (Lipinski definition) is 1. The summed E-state index contributed by atoms with van der Waals surface area (Å²) in [6, 6.07) is 7.74. The zero-order valence-corrected chi connectivity index (χ0v) is 12.9. The molecule has 20 heavy (non-hydrogen) atoms. The molecule has 1 atom stereocenters. The fourth-order valence-electron chi connectivity index (χ4n) is 2.13. The lowest BCUT2D eigenvalue weighted by atomic mass is 10.1.